The molecule has 1 aliphatic rings. The molecule has 0 unspecified atom stereocenters. The molecule has 1 aliphatic heterocycles. The van der Waals surface area contributed by atoms with Gasteiger partial charge in [-0.3, -0.25) is 4.90 Å². The van der Waals surface area contributed by atoms with E-state index in [2.05, 4.69) is 55.9 Å². The van der Waals surface area contributed by atoms with E-state index in [0.29, 0.717) is 13.1 Å². The summed E-state index contributed by atoms with van der Waals surface area (Å²) in [7, 11) is -1.44. The molecule has 1 heterocycles. The van der Waals surface area contributed by atoms with Gasteiger partial charge in [-0.25, -0.2) is 4.79 Å². The zero-order valence-corrected chi connectivity index (χ0v) is 21.2. The van der Waals surface area contributed by atoms with Crippen molar-refractivity contribution in [2.24, 2.45) is 0 Å². The maximum atomic E-state index is 12.3. The van der Waals surface area contributed by atoms with Crippen LogP contribution < -0.4 is 0 Å². The zero-order chi connectivity index (χ0) is 22.0. The van der Waals surface area contributed by atoms with Crippen LogP contribution in [0.25, 0.3) is 0 Å². The number of ether oxygens (including phenoxy) is 1. The van der Waals surface area contributed by atoms with Crippen LogP contribution in [0.15, 0.2) is 11.0 Å². The zero-order valence-electron chi connectivity index (χ0n) is 19.3. The van der Waals surface area contributed by atoms with Crippen LogP contribution in [0.2, 0.25) is 19.6 Å². The van der Waals surface area contributed by atoms with Gasteiger partial charge in [-0.2, -0.15) is 0 Å². The highest BCUT2D eigenvalue weighted by atomic mass is 32.1. The quantitative estimate of drug-likeness (QED) is 0.411. The van der Waals surface area contributed by atoms with Crippen LogP contribution >= 0.6 is 12.6 Å². The molecule has 0 aromatic heterocycles. The van der Waals surface area contributed by atoms with E-state index in [1.165, 1.54) is 11.1 Å². The number of carbonyl (C=O) groups is 1. The number of thiol groups is 1. The molecular weight excluding hydrogens is 396 g/mol. The topological polar surface area (TPSA) is 32.8 Å². The van der Waals surface area contributed by atoms with Crippen molar-refractivity contribution in [1.82, 2.24) is 9.80 Å². The van der Waals surface area contributed by atoms with Crippen molar-refractivity contribution in [1.29, 1.82) is 0 Å². The van der Waals surface area contributed by atoms with Gasteiger partial charge in [0, 0.05) is 43.2 Å². The lowest BCUT2D eigenvalue weighted by Gasteiger charge is -2.36. The predicted octanol–water partition coefficient (Wildman–Crippen LogP) is 4.87. The van der Waals surface area contributed by atoms with E-state index < -0.39 is 13.7 Å². The lowest BCUT2D eigenvalue weighted by Crippen LogP contribution is -2.49. The summed E-state index contributed by atoms with van der Waals surface area (Å²) in [5.74, 6) is 3.42. The molecule has 2 rings (SSSR count). The number of amides is 1. The number of nitrogens with zero attached hydrogens (tertiary/aromatic N) is 2. The third kappa shape index (κ3) is 7.09. The Bertz CT molecular complexity index is 820. The fourth-order valence-corrected chi connectivity index (χ4v) is 3.93. The van der Waals surface area contributed by atoms with E-state index in [1.54, 1.807) is 4.90 Å². The molecular formula is C23H36N2O2SSi. The number of benzene rings is 1. The summed E-state index contributed by atoms with van der Waals surface area (Å²) in [6.45, 7) is 20.6. The molecule has 1 saturated heterocycles. The van der Waals surface area contributed by atoms with Gasteiger partial charge in [0.15, 0.2) is 0 Å². The number of hydrogen-bond donors (Lipinski definition) is 1. The molecule has 160 valence electrons. The molecule has 4 nitrogen and oxygen atoms in total. The third-order valence-corrected chi connectivity index (χ3v) is 6.45. The Balaban J connectivity index is 2.10. The minimum Gasteiger partial charge on any atom is -0.444 e. The van der Waals surface area contributed by atoms with Gasteiger partial charge in [0.1, 0.15) is 13.7 Å². The van der Waals surface area contributed by atoms with Gasteiger partial charge in [-0.05, 0) is 57.4 Å². The van der Waals surface area contributed by atoms with Crippen molar-refractivity contribution in [3.63, 3.8) is 0 Å². The van der Waals surface area contributed by atoms with E-state index in [9.17, 15) is 4.79 Å². The number of hydrogen-bond acceptors (Lipinski definition) is 4. The maximum absolute atomic E-state index is 12.3. The highest BCUT2D eigenvalue weighted by Gasteiger charge is 2.26. The van der Waals surface area contributed by atoms with Crippen molar-refractivity contribution in [2.75, 3.05) is 26.2 Å². The lowest BCUT2D eigenvalue weighted by atomic mass is 9.99. The minimum atomic E-state index is -1.44. The van der Waals surface area contributed by atoms with Crippen molar-refractivity contribution in [2.45, 2.75) is 71.3 Å². The molecule has 1 fully saturated rings. The molecule has 0 radical (unpaired) electrons. The van der Waals surface area contributed by atoms with Gasteiger partial charge in [0.05, 0.1) is 0 Å². The van der Waals surface area contributed by atoms with Gasteiger partial charge in [0.2, 0.25) is 0 Å². The van der Waals surface area contributed by atoms with E-state index in [-0.39, 0.29) is 6.09 Å². The molecule has 0 atom stereocenters. The number of piperazine rings is 1. The van der Waals surface area contributed by atoms with E-state index in [1.807, 2.05) is 20.8 Å². The summed E-state index contributed by atoms with van der Waals surface area (Å²) < 4.78 is 5.50. The Hall–Kier alpha value is -1.42. The van der Waals surface area contributed by atoms with Gasteiger partial charge >= 0.3 is 6.09 Å². The molecule has 29 heavy (non-hydrogen) atoms. The van der Waals surface area contributed by atoms with Crippen molar-refractivity contribution >= 4 is 26.8 Å². The predicted molar refractivity (Wildman–Crippen MR) is 126 cm³/mol. The number of rotatable bonds is 2. The first-order chi connectivity index (χ1) is 13.3. The maximum Gasteiger partial charge on any atom is 0.410 e. The molecule has 0 spiro atoms. The second-order valence-corrected chi connectivity index (χ2v) is 15.1. The SMILES string of the molecule is Cc1c(C#C[Si](C)(C)C)cc(CN2CCN(C(=O)OC(C)(C)C)CC2)c(C)c1S. The highest BCUT2D eigenvalue weighted by Crippen LogP contribution is 2.27. The standard InChI is InChI=1S/C23H36N2O2SSi/c1-17-19(9-14-29(6,7)8)15-20(18(2)21(17)28)16-24-10-12-25(13-11-24)22(26)27-23(3,4)5/h15,28H,10-13,16H2,1-8H3. The summed E-state index contributed by atoms with van der Waals surface area (Å²) in [5.41, 5.74) is 7.76. The summed E-state index contributed by atoms with van der Waals surface area (Å²) in [6.07, 6.45) is -0.217. The van der Waals surface area contributed by atoms with Crippen LogP contribution in [0.3, 0.4) is 0 Å². The molecule has 0 N–H and O–H groups in total. The Morgan fingerprint density at radius 1 is 1.14 bits per heavy atom. The molecule has 1 aromatic carbocycles. The van der Waals surface area contributed by atoms with E-state index >= 15 is 0 Å². The molecule has 0 bridgehead atoms. The summed E-state index contributed by atoms with van der Waals surface area (Å²) >= 11 is 4.77. The largest absolute Gasteiger partial charge is 0.444 e. The minimum absolute atomic E-state index is 0.217. The van der Waals surface area contributed by atoms with Crippen LogP contribution in [0, 0.1) is 25.3 Å². The first-order valence-electron chi connectivity index (χ1n) is 10.3. The lowest BCUT2D eigenvalue weighted by molar-refractivity contribution is 0.0139. The van der Waals surface area contributed by atoms with Crippen molar-refractivity contribution in [3.05, 3.63) is 28.3 Å². The van der Waals surface area contributed by atoms with Crippen LogP contribution in [0.1, 0.15) is 43.0 Å². The van der Waals surface area contributed by atoms with Gasteiger partial charge in [0.25, 0.3) is 0 Å². The smallest absolute Gasteiger partial charge is 0.410 e. The third-order valence-electron chi connectivity index (χ3n) is 4.90. The first kappa shape index (κ1) is 23.9. The first-order valence-corrected chi connectivity index (χ1v) is 14.3. The van der Waals surface area contributed by atoms with Crippen LogP contribution in [0.4, 0.5) is 4.79 Å². The second kappa shape index (κ2) is 9.16. The Morgan fingerprint density at radius 3 is 2.24 bits per heavy atom. The van der Waals surface area contributed by atoms with Crippen molar-refractivity contribution in [3.8, 4) is 11.5 Å². The van der Waals surface area contributed by atoms with Gasteiger partial charge in [-0.15, -0.1) is 18.2 Å². The molecule has 6 heteroatoms. The Kier molecular flexibility index (Phi) is 7.53. The van der Waals surface area contributed by atoms with Gasteiger partial charge < -0.3 is 9.64 Å². The van der Waals surface area contributed by atoms with Crippen LogP contribution in [-0.2, 0) is 11.3 Å². The molecule has 1 aromatic rings. The summed E-state index contributed by atoms with van der Waals surface area (Å²) in [4.78, 5) is 17.5. The molecule has 0 aliphatic carbocycles. The Morgan fingerprint density at radius 2 is 1.72 bits per heavy atom. The number of carbonyl (C=O) groups excluding carboxylic acids is 1. The molecule has 1 amide bonds. The fourth-order valence-electron chi connectivity index (χ4n) is 3.16. The summed E-state index contributed by atoms with van der Waals surface area (Å²) in [6, 6.07) is 2.23. The second-order valence-electron chi connectivity index (χ2n) is 9.93. The van der Waals surface area contributed by atoms with E-state index in [4.69, 9.17) is 17.4 Å². The average Bonchev–Trinajstić information content (AvgIpc) is 2.59. The monoisotopic (exact) mass is 432 g/mol. The van der Waals surface area contributed by atoms with Crippen LogP contribution in [-0.4, -0.2) is 55.7 Å². The Labute approximate surface area is 183 Å². The summed E-state index contributed by atoms with van der Waals surface area (Å²) in [5, 5.41) is 0. The van der Waals surface area contributed by atoms with Gasteiger partial charge in [-0.1, -0.05) is 25.6 Å². The van der Waals surface area contributed by atoms with Crippen LogP contribution in [0.5, 0.6) is 0 Å². The fraction of sp³-hybridized carbons (Fsp3) is 0.609. The highest BCUT2D eigenvalue weighted by molar-refractivity contribution is 7.80. The van der Waals surface area contributed by atoms with Crippen molar-refractivity contribution < 1.29 is 9.53 Å². The molecule has 0 saturated carbocycles. The normalized spacial score (nSPS) is 15.7. The average molecular weight is 433 g/mol. The van der Waals surface area contributed by atoms with E-state index in [0.717, 1.165) is 35.7 Å².